The summed E-state index contributed by atoms with van der Waals surface area (Å²) in [5.41, 5.74) is 2.17. The largest absolute Gasteiger partial charge is 0.312 e. The molecule has 15 heavy (non-hydrogen) atoms. The topological polar surface area (TPSA) is 24.9 Å². The van der Waals surface area contributed by atoms with Crippen LogP contribution in [-0.2, 0) is 0 Å². The zero-order valence-electron chi connectivity index (χ0n) is 9.46. The standard InChI is InChI=1S/C13H18N2/c1-4-5-6-9-12(14-3)13-10-7-8-11(2)15-13/h1,7-8,10,12,14H,5-6,9H2,2-3H3. The quantitative estimate of drug-likeness (QED) is 0.586. The van der Waals surface area contributed by atoms with Gasteiger partial charge in [0.15, 0.2) is 0 Å². The van der Waals surface area contributed by atoms with Crippen LogP contribution in [0.5, 0.6) is 0 Å². The van der Waals surface area contributed by atoms with E-state index in [2.05, 4.69) is 22.3 Å². The molecule has 80 valence electrons. The van der Waals surface area contributed by atoms with Gasteiger partial charge in [-0.1, -0.05) is 6.07 Å². The summed E-state index contributed by atoms with van der Waals surface area (Å²) < 4.78 is 0. The molecule has 0 aromatic carbocycles. The van der Waals surface area contributed by atoms with Gasteiger partial charge in [-0.15, -0.1) is 12.3 Å². The van der Waals surface area contributed by atoms with Crippen LogP contribution in [0.1, 0.15) is 36.7 Å². The van der Waals surface area contributed by atoms with Gasteiger partial charge in [0.2, 0.25) is 0 Å². The third-order valence-corrected chi connectivity index (χ3v) is 2.43. The lowest BCUT2D eigenvalue weighted by Gasteiger charge is -2.15. The van der Waals surface area contributed by atoms with E-state index >= 15 is 0 Å². The van der Waals surface area contributed by atoms with Gasteiger partial charge in [0.25, 0.3) is 0 Å². The first-order valence-corrected chi connectivity index (χ1v) is 5.32. The summed E-state index contributed by atoms with van der Waals surface area (Å²) in [4.78, 5) is 4.51. The lowest BCUT2D eigenvalue weighted by atomic mass is 10.1. The van der Waals surface area contributed by atoms with Crippen LogP contribution in [0.3, 0.4) is 0 Å². The average molecular weight is 202 g/mol. The van der Waals surface area contributed by atoms with Crippen molar-refractivity contribution in [3.8, 4) is 12.3 Å². The number of nitrogens with one attached hydrogen (secondary N) is 1. The van der Waals surface area contributed by atoms with Gasteiger partial charge >= 0.3 is 0 Å². The fraction of sp³-hybridized carbons (Fsp3) is 0.462. The number of hydrogen-bond acceptors (Lipinski definition) is 2. The van der Waals surface area contributed by atoms with Crippen LogP contribution in [-0.4, -0.2) is 12.0 Å². The fourth-order valence-electron chi connectivity index (χ4n) is 1.61. The van der Waals surface area contributed by atoms with Gasteiger partial charge in [-0.25, -0.2) is 0 Å². The molecule has 2 heteroatoms. The van der Waals surface area contributed by atoms with E-state index in [1.165, 1.54) is 0 Å². The summed E-state index contributed by atoms with van der Waals surface area (Å²) in [5, 5.41) is 3.27. The van der Waals surface area contributed by atoms with Crippen LogP contribution in [0.25, 0.3) is 0 Å². The van der Waals surface area contributed by atoms with E-state index in [1.54, 1.807) is 0 Å². The minimum absolute atomic E-state index is 0.318. The predicted octanol–water partition coefficient (Wildman–Crippen LogP) is 2.45. The number of hydrogen-bond donors (Lipinski definition) is 1. The summed E-state index contributed by atoms with van der Waals surface area (Å²) >= 11 is 0. The van der Waals surface area contributed by atoms with Crippen molar-refractivity contribution in [2.24, 2.45) is 0 Å². The number of terminal acetylenes is 1. The highest BCUT2D eigenvalue weighted by Crippen LogP contribution is 2.16. The first-order chi connectivity index (χ1) is 7.27. The van der Waals surface area contributed by atoms with E-state index < -0.39 is 0 Å². The number of unbranched alkanes of at least 4 members (excludes halogenated alkanes) is 1. The Morgan fingerprint density at radius 3 is 2.93 bits per heavy atom. The Balaban J connectivity index is 2.62. The Morgan fingerprint density at radius 1 is 1.53 bits per heavy atom. The van der Waals surface area contributed by atoms with Crippen molar-refractivity contribution in [2.45, 2.75) is 32.2 Å². The first kappa shape index (κ1) is 11.7. The zero-order valence-corrected chi connectivity index (χ0v) is 9.46. The summed E-state index contributed by atoms with van der Waals surface area (Å²) in [7, 11) is 1.96. The predicted molar refractivity (Wildman–Crippen MR) is 63.5 cm³/mol. The van der Waals surface area contributed by atoms with Gasteiger partial charge in [0.1, 0.15) is 0 Å². The van der Waals surface area contributed by atoms with Gasteiger partial charge in [-0.2, -0.15) is 0 Å². The summed E-state index contributed by atoms with van der Waals surface area (Å²) in [6.45, 7) is 2.01. The van der Waals surface area contributed by atoms with Crippen LogP contribution in [0.4, 0.5) is 0 Å². The second-order valence-corrected chi connectivity index (χ2v) is 3.64. The molecule has 0 amide bonds. The number of rotatable bonds is 5. The van der Waals surface area contributed by atoms with Gasteiger partial charge < -0.3 is 5.32 Å². The zero-order chi connectivity index (χ0) is 11.1. The van der Waals surface area contributed by atoms with E-state index in [1.807, 2.05) is 26.1 Å². The Morgan fingerprint density at radius 2 is 2.33 bits per heavy atom. The molecule has 0 fully saturated rings. The van der Waals surface area contributed by atoms with E-state index in [4.69, 9.17) is 6.42 Å². The van der Waals surface area contributed by atoms with Gasteiger partial charge in [0.05, 0.1) is 5.69 Å². The minimum atomic E-state index is 0.318. The molecule has 2 nitrogen and oxygen atoms in total. The van der Waals surface area contributed by atoms with Crippen LogP contribution in [0.15, 0.2) is 18.2 Å². The Bertz CT molecular complexity index is 339. The average Bonchev–Trinajstić information content (AvgIpc) is 2.24. The highest BCUT2D eigenvalue weighted by molar-refractivity contribution is 5.13. The van der Waals surface area contributed by atoms with Crippen molar-refractivity contribution in [1.82, 2.24) is 10.3 Å². The maximum absolute atomic E-state index is 5.23. The third kappa shape index (κ3) is 3.73. The molecule has 0 bridgehead atoms. The second-order valence-electron chi connectivity index (χ2n) is 3.64. The second kappa shape index (κ2) is 6.21. The number of aromatic nitrogens is 1. The fourth-order valence-corrected chi connectivity index (χ4v) is 1.61. The maximum Gasteiger partial charge on any atom is 0.0576 e. The Labute approximate surface area is 92.1 Å². The van der Waals surface area contributed by atoms with Crippen LogP contribution in [0.2, 0.25) is 0 Å². The van der Waals surface area contributed by atoms with Crippen molar-refractivity contribution in [3.05, 3.63) is 29.6 Å². The van der Waals surface area contributed by atoms with Crippen LogP contribution >= 0.6 is 0 Å². The molecule has 1 rings (SSSR count). The van der Waals surface area contributed by atoms with Gasteiger partial charge in [-0.3, -0.25) is 4.98 Å². The molecule has 1 N–H and O–H groups in total. The molecule has 0 aliphatic rings. The van der Waals surface area contributed by atoms with Gasteiger partial charge in [0, 0.05) is 18.2 Å². The molecule has 0 aliphatic heterocycles. The molecule has 1 heterocycles. The molecule has 1 atom stereocenters. The van der Waals surface area contributed by atoms with Crippen molar-refractivity contribution in [2.75, 3.05) is 7.05 Å². The molecule has 0 spiro atoms. The van der Waals surface area contributed by atoms with Crippen molar-refractivity contribution >= 4 is 0 Å². The van der Waals surface area contributed by atoms with Crippen molar-refractivity contribution < 1.29 is 0 Å². The van der Waals surface area contributed by atoms with E-state index in [0.717, 1.165) is 30.7 Å². The highest BCUT2D eigenvalue weighted by atomic mass is 14.9. The molecule has 0 saturated carbocycles. The third-order valence-electron chi connectivity index (χ3n) is 2.43. The highest BCUT2D eigenvalue weighted by Gasteiger charge is 2.09. The molecular formula is C13H18N2. The van der Waals surface area contributed by atoms with E-state index in [0.29, 0.717) is 6.04 Å². The van der Waals surface area contributed by atoms with Crippen LogP contribution in [0, 0.1) is 19.3 Å². The molecule has 0 saturated heterocycles. The molecule has 1 aromatic rings. The summed E-state index contributed by atoms with van der Waals surface area (Å²) in [5.74, 6) is 2.66. The molecule has 1 unspecified atom stereocenters. The Hall–Kier alpha value is -1.33. The lowest BCUT2D eigenvalue weighted by molar-refractivity contribution is 0.519. The molecule has 1 aromatic heterocycles. The number of pyridine rings is 1. The van der Waals surface area contributed by atoms with E-state index in [-0.39, 0.29) is 0 Å². The van der Waals surface area contributed by atoms with Gasteiger partial charge in [-0.05, 0) is 38.9 Å². The first-order valence-electron chi connectivity index (χ1n) is 5.32. The smallest absolute Gasteiger partial charge is 0.0576 e. The SMILES string of the molecule is C#CCCCC(NC)c1cccc(C)n1. The normalized spacial score (nSPS) is 12.1. The number of nitrogens with zero attached hydrogens (tertiary/aromatic N) is 1. The van der Waals surface area contributed by atoms with Crippen molar-refractivity contribution in [3.63, 3.8) is 0 Å². The Kier molecular flexibility index (Phi) is 4.86. The van der Waals surface area contributed by atoms with Crippen molar-refractivity contribution in [1.29, 1.82) is 0 Å². The van der Waals surface area contributed by atoms with E-state index in [9.17, 15) is 0 Å². The lowest BCUT2D eigenvalue weighted by Crippen LogP contribution is -2.17. The maximum atomic E-state index is 5.23. The monoisotopic (exact) mass is 202 g/mol. The number of aryl methyl sites for hydroxylation is 1. The molecular weight excluding hydrogens is 184 g/mol. The molecule has 0 aliphatic carbocycles. The summed E-state index contributed by atoms with van der Waals surface area (Å²) in [6.07, 6.45) is 8.15. The van der Waals surface area contributed by atoms with Crippen LogP contribution < -0.4 is 5.32 Å². The summed E-state index contributed by atoms with van der Waals surface area (Å²) in [6, 6.07) is 6.43. The molecule has 0 radical (unpaired) electrons. The minimum Gasteiger partial charge on any atom is -0.312 e.